The zero-order valence-corrected chi connectivity index (χ0v) is 31.2. The van der Waals surface area contributed by atoms with Crippen molar-refractivity contribution >= 4 is 75.3 Å². The second kappa shape index (κ2) is 12.6. The highest BCUT2D eigenvalue weighted by atomic mass is 32.1. The summed E-state index contributed by atoms with van der Waals surface area (Å²) in [5.74, 6) is 1.80. The highest BCUT2D eigenvalue weighted by Crippen LogP contribution is 2.43. The zero-order valence-electron chi connectivity index (χ0n) is 30.4. The van der Waals surface area contributed by atoms with E-state index in [0.29, 0.717) is 17.6 Å². The lowest BCUT2D eigenvalue weighted by Gasteiger charge is -2.12. The molecule has 0 aliphatic carbocycles. The molecule has 57 heavy (non-hydrogen) atoms. The summed E-state index contributed by atoms with van der Waals surface area (Å²) in [4.78, 5) is 15.7. The number of fused-ring (bicyclic) bond motifs is 10. The molecule has 0 saturated heterocycles. The number of hydrogen-bond donors (Lipinski definition) is 0. The number of thiophene rings is 1. The van der Waals surface area contributed by atoms with Crippen LogP contribution in [0.3, 0.4) is 0 Å². The van der Waals surface area contributed by atoms with E-state index < -0.39 is 0 Å². The third-order valence-electron chi connectivity index (χ3n) is 11.1. The molecule has 8 aromatic carbocycles. The van der Waals surface area contributed by atoms with Crippen LogP contribution in [-0.2, 0) is 0 Å². The van der Waals surface area contributed by atoms with Crippen LogP contribution in [0.5, 0.6) is 0 Å². The first-order chi connectivity index (χ1) is 28.2. The summed E-state index contributed by atoms with van der Waals surface area (Å²) < 4.78 is 11.2. The molecular weight excluding hydrogens is 717 g/mol. The number of para-hydroxylation sites is 1. The molecule has 6 heteroatoms. The summed E-state index contributed by atoms with van der Waals surface area (Å²) in [5, 5.41) is 7.00. The first kappa shape index (κ1) is 31.9. The Morgan fingerprint density at radius 3 is 1.93 bits per heavy atom. The molecule has 0 amide bonds. The van der Waals surface area contributed by atoms with Crippen molar-refractivity contribution in [2.24, 2.45) is 0 Å². The first-order valence-electron chi connectivity index (χ1n) is 19.0. The molecule has 5 nitrogen and oxygen atoms in total. The van der Waals surface area contributed by atoms with Crippen molar-refractivity contribution in [1.29, 1.82) is 0 Å². The molecule has 12 aromatic rings. The van der Waals surface area contributed by atoms with Crippen LogP contribution in [-0.4, -0.2) is 19.5 Å². The first-order valence-corrected chi connectivity index (χ1v) is 19.8. The van der Waals surface area contributed by atoms with E-state index in [1.165, 1.54) is 31.1 Å². The minimum absolute atomic E-state index is 0.580. The highest BCUT2D eigenvalue weighted by Gasteiger charge is 2.22. The zero-order chi connectivity index (χ0) is 37.5. The molecule has 0 bridgehead atoms. The largest absolute Gasteiger partial charge is 0.456 e. The van der Waals surface area contributed by atoms with Crippen molar-refractivity contribution in [2.45, 2.75) is 0 Å². The molecule has 0 aliphatic rings. The molecule has 4 aromatic heterocycles. The van der Waals surface area contributed by atoms with Gasteiger partial charge in [0.2, 0.25) is 5.95 Å². The van der Waals surface area contributed by atoms with Crippen molar-refractivity contribution in [3.63, 3.8) is 0 Å². The van der Waals surface area contributed by atoms with Crippen LogP contribution in [0.15, 0.2) is 186 Å². The Morgan fingerprint density at radius 1 is 0.404 bits per heavy atom. The second-order valence-corrected chi connectivity index (χ2v) is 15.5. The van der Waals surface area contributed by atoms with E-state index >= 15 is 0 Å². The Balaban J connectivity index is 1.06. The minimum atomic E-state index is 0.580. The number of benzene rings is 8. The quantitative estimate of drug-likeness (QED) is 0.176. The van der Waals surface area contributed by atoms with Crippen molar-refractivity contribution in [2.75, 3.05) is 0 Å². The average molecular weight is 747 g/mol. The monoisotopic (exact) mass is 746 g/mol. The lowest BCUT2D eigenvalue weighted by atomic mass is 9.97. The Bertz CT molecular complexity index is 3530. The number of furan rings is 1. The van der Waals surface area contributed by atoms with Crippen LogP contribution in [0.1, 0.15) is 0 Å². The van der Waals surface area contributed by atoms with Gasteiger partial charge in [0.25, 0.3) is 0 Å². The summed E-state index contributed by atoms with van der Waals surface area (Å²) in [6.07, 6.45) is 0. The van der Waals surface area contributed by atoms with Crippen molar-refractivity contribution < 1.29 is 4.42 Å². The van der Waals surface area contributed by atoms with Gasteiger partial charge < -0.3 is 4.42 Å². The summed E-state index contributed by atoms with van der Waals surface area (Å²) in [7, 11) is 0. The van der Waals surface area contributed by atoms with Gasteiger partial charge in [0.05, 0.1) is 11.0 Å². The molecule has 0 atom stereocenters. The summed E-state index contributed by atoms with van der Waals surface area (Å²) in [5.41, 5.74) is 10.1. The van der Waals surface area contributed by atoms with E-state index in [0.717, 1.165) is 66.2 Å². The van der Waals surface area contributed by atoms with Gasteiger partial charge in [-0.25, -0.2) is 4.98 Å². The summed E-state index contributed by atoms with van der Waals surface area (Å²) >= 11 is 1.82. The van der Waals surface area contributed by atoms with E-state index in [9.17, 15) is 0 Å². The van der Waals surface area contributed by atoms with Gasteiger partial charge in [0.1, 0.15) is 11.2 Å². The van der Waals surface area contributed by atoms with Crippen LogP contribution in [0.4, 0.5) is 0 Å². The third-order valence-corrected chi connectivity index (χ3v) is 12.2. The van der Waals surface area contributed by atoms with Gasteiger partial charge in [-0.1, -0.05) is 140 Å². The van der Waals surface area contributed by atoms with E-state index in [1.807, 2.05) is 41.7 Å². The number of nitrogens with zero attached hydrogens (tertiary/aromatic N) is 4. The maximum atomic E-state index is 6.50. The predicted molar refractivity (Wildman–Crippen MR) is 236 cm³/mol. The molecule has 12 rings (SSSR count). The Labute approximate surface area is 330 Å². The van der Waals surface area contributed by atoms with E-state index in [1.54, 1.807) is 0 Å². The van der Waals surface area contributed by atoms with Gasteiger partial charge >= 0.3 is 0 Å². The smallest absolute Gasteiger partial charge is 0.238 e. The van der Waals surface area contributed by atoms with Crippen molar-refractivity contribution in [1.82, 2.24) is 19.5 Å². The second-order valence-electron chi connectivity index (χ2n) is 14.4. The number of hydrogen-bond acceptors (Lipinski definition) is 5. The fourth-order valence-corrected chi connectivity index (χ4v) is 9.59. The third kappa shape index (κ3) is 5.04. The maximum absolute atomic E-state index is 6.50. The molecule has 0 fully saturated rings. The SMILES string of the molecule is c1ccc(-c2nc(-c3cccc(-c4ccc5c(c4)oc4cccc(-c6ccccc6)c45)c3)nc(-n3c4ccccc4c4ccc5sc6ccccc6c5c43)n2)cc1. The fourth-order valence-electron chi connectivity index (χ4n) is 8.48. The molecule has 0 unspecified atom stereocenters. The molecule has 0 spiro atoms. The fraction of sp³-hybridized carbons (Fsp3) is 0. The van der Waals surface area contributed by atoms with Gasteiger partial charge in [0, 0.05) is 52.8 Å². The highest BCUT2D eigenvalue weighted by molar-refractivity contribution is 7.26. The van der Waals surface area contributed by atoms with Crippen LogP contribution in [0.2, 0.25) is 0 Å². The Hall–Kier alpha value is -7.41. The topological polar surface area (TPSA) is 56.7 Å². The molecule has 266 valence electrons. The van der Waals surface area contributed by atoms with Gasteiger partial charge in [-0.3, -0.25) is 4.57 Å². The van der Waals surface area contributed by atoms with Crippen LogP contribution < -0.4 is 0 Å². The van der Waals surface area contributed by atoms with E-state index in [4.69, 9.17) is 19.4 Å². The number of aromatic nitrogens is 4. The number of rotatable bonds is 5. The van der Waals surface area contributed by atoms with Gasteiger partial charge in [-0.2, -0.15) is 9.97 Å². The Kier molecular flexibility index (Phi) is 7.03. The standard InChI is InChI=1S/C51H30N4OS/c1-3-13-31(14-4-1)36-21-12-23-42-46(36)39-26-25-34(30-43(39)56-42)33-17-11-18-35(29-33)50-52-49(32-15-5-2-6-16-32)53-51(54-50)55-41-22-9-7-19-37(41)38-27-28-45-47(48(38)55)40-20-8-10-24-44(40)57-45/h1-30H. The van der Waals surface area contributed by atoms with Crippen molar-refractivity contribution in [3.05, 3.63) is 182 Å². The van der Waals surface area contributed by atoms with Gasteiger partial charge in [-0.05, 0) is 64.7 Å². The Morgan fingerprint density at radius 2 is 1.07 bits per heavy atom. The normalized spacial score (nSPS) is 11.9. The maximum Gasteiger partial charge on any atom is 0.238 e. The van der Waals surface area contributed by atoms with Crippen LogP contribution in [0.25, 0.3) is 115 Å². The van der Waals surface area contributed by atoms with Crippen molar-refractivity contribution in [3.8, 4) is 51.0 Å². The van der Waals surface area contributed by atoms with Gasteiger partial charge in [-0.15, -0.1) is 11.3 Å². The lowest BCUT2D eigenvalue weighted by molar-refractivity contribution is 0.669. The molecular formula is C51H30N4OS. The average Bonchev–Trinajstić information content (AvgIpc) is 3.96. The van der Waals surface area contributed by atoms with E-state index in [-0.39, 0.29) is 0 Å². The molecule has 0 saturated carbocycles. The molecule has 4 heterocycles. The molecule has 0 N–H and O–H groups in total. The summed E-state index contributed by atoms with van der Waals surface area (Å²) in [6, 6.07) is 63.6. The minimum Gasteiger partial charge on any atom is -0.456 e. The van der Waals surface area contributed by atoms with Crippen LogP contribution >= 0.6 is 11.3 Å². The van der Waals surface area contributed by atoms with Crippen LogP contribution in [0, 0.1) is 0 Å². The van der Waals surface area contributed by atoms with E-state index in [2.05, 4.69) is 156 Å². The lowest BCUT2D eigenvalue weighted by Crippen LogP contribution is -2.06. The van der Waals surface area contributed by atoms with Gasteiger partial charge in [0.15, 0.2) is 11.6 Å². The molecule has 0 radical (unpaired) electrons. The molecule has 0 aliphatic heterocycles. The predicted octanol–water partition coefficient (Wildman–Crippen LogP) is 13.9. The summed E-state index contributed by atoms with van der Waals surface area (Å²) in [6.45, 7) is 0.